The minimum atomic E-state index is -0.952. The van der Waals surface area contributed by atoms with Crippen LogP contribution in [-0.2, 0) is 16.0 Å². The van der Waals surface area contributed by atoms with E-state index in [-0.39, 0.29) is 29.2 Å². The molecule has 2 fully saturated rings. The lowest BCUT2D eigenvalue weighted by Gasteiger charge is -2.32. The van der Waals surface area contributed by atoms with Crippen LogP contribution in [0.3, 0.4) is 0 Å². The maximum absolute atomic E-state index is 12.8. The molecule has 1 saturated heterocycles. The average Bonchev–Trinajstić information content (AvgIpc) is 3.22. The number of carbonyl (C=O) groups is 3. The smallest absolute Gasteiger partial charge is 0.335 e. The van der Waals surface area contributed by atoms with Crippen molar-refractivity contribution < 1.29 is 19.5 Å². The van der Waals surface area contributed by atoms with E-state index >= 15 is 0 Å². The van der Waals surface area contributed by atoms with Gasteiger partial charge in [0.25, 0.3) is 0 Å². The Balaban J connectivity index is 1.54. The molecule has 0 aromatic heterocycles. The summed E-state index contributed by atoms with van der Waals surface area (Å²) in [7, 11) is 0. The number of nitrogens with zero attached hydrogens (tertiary/aromatic N) is 1. The second kappa shape index (κ2) is 9.02. The summed E-state index contributed by atoms with van der Waals surface area (Å²) in [6.07, 6.45) is 6.26. The quantitative estimate of drug-likeness (QED) is 0.803. The van der Waals surface area contributed by atoms with Crippen molar-refractivity contribution in [2.24, 2.45) is 11.8 Å². The standard InChI is InChI=1S/C21H28N2O4/c24-19(22-11-10-15-6-5-7-16(14-15)21(26)27)17-8-1-2-9-18(17)20(25)23-12-3-4-13-23/h5-7,14,17-18H,1-4,8-13H2,(H,22,24)(H,26,27). The van der Waals surface area contributed by atoms with Crippen LogP contribution in [0.5, 0.6) is 0 Å². The molecule has 0 radical (unpaired) electrons. The zero-order chi connectivity index (χ0) is 19.2. The summed E-state index contributed by atoms with van der Waals surface area (Å²) < 4.78 is 0. The second-order valence-corrected chi connectivity index (χ2v) is 7.58. The number of benzene rings is 1. The molecular formula is C21H28N2O4. The number of carboxylic acids is 1. The van der Waals surface area contributed by atoms with Crippen LogP contribution in [0.4, 0.5) is 0 Å². The third-order valence-electron chi connectivity index (χ3n) is 5.72. The molecule has 27 heavy (non-hydrogen) atoms. The highest BCUT2D eigenvalue weighted by atomic mass is 16.4. The number of rotatable bonds is 6. The second-order valence-electron chi connectivity index (χ2n) is 7.58. The van der Waals surface area contributed by atoms with Crippen LogP contribution in [0, 0.1) is 11.8 Å². The molecule has 146 valence electrons. The molecule has 2 aliphatic rings. The summed E-state index contributed by atoms with van der Waals surface area (Å²) in [6.45, 7) is 2.09. The van der Waals surface area contributed by atoms with Crippen LogP contribution in [0.2, 0.25) is 0 Å². The molecule has 0 bridgehead atoms. The van der Waals surface area contributed by atoms with E-state index in [2.05, 4.69) is 5.32 Å². The predicted octanol–water partition coefficient (Wildman–Crippen LogP) is 2.47. The first-order valence-electron chi connectivity index (χ1n) is 9.95. The molecule has 1 aliphatic heterocycles. The van der Waals surface area contributed by atoms with E-state index in [4.69, 9.17) is 5.11 Å². The zero-order valence-electron chi connectivity index (χ0n) is 15.7. The van der Waals surface area contributed by atoms with E-state index in [1.165, 1.54) is 0 Å². The lowest BCUT2D eigenvalue weighted by molar-refractivity contribution is -0.142. The monoisotopic (exact) mass is 372 g/mol. The number of nitrogens with one attached hydrogen (secondary N) is 1. The molecule has 1 aromatic rings. The summed E-state index contributed by atoms with van der Waals surface area (Å²) >= 11 is 0. The van der Waals surface area contributed by atoms with E-state index in [1.54, 1.807) is 18.2 Å². The van der Waals surface area contributed by atoms with Gasteiger partial charge in [-0.3, -0.25) is 9.59 Å². The third-order valence-corrected chi connectivity index (χ3v) is 5.72. The molecule has 6 nitrogen and oxygen atoms in total. The van der Waals surface area contributed by atoms with Gasteiger partial charge in [0.1, 0.15) is 0 Å². The highest BCUT2D eigenvalue weighted by Crippen LogP contribution is 2.32. The van der Waals surface area contributed by atoms with Crippen molar-refractivity contribution in [2.75, 3.05) is 19.6 Å². The first-order chi connectivity index (χ1) is 13.1. The van der Waals surface area contributed by atoms with Crippen molar-refractivity contribution in [1.29, 1.82) is 0 Å². The van der Waals surface area contributed by atoms with Crippen LogP contribution in [-0.4, -0.2) is 47.4 Å². The van der Waals surface area contributed by atoms with Crippen molar-refractivity contribution in [3.05, 3.63) is 35.4 Å². The van der Waals surface area contributed by atoms with Gasteiger partial charge in [-0.2, -0.15) is 0 Å². The van der Waals surface area contributed by atoms with Crippen molar-refractivity contribution in [2.45, 2.75) is 44.9 Å². The fourth-order valence-electron chi connectivity index (χ4n) is 4.23. The van der Waals surface area contributed by atoms with E-state index in [9.17, 15) is 14.4 Å². The van der Waals surface area contributed by atoms with Crippen LogP contribution in [0.25, 0.3) is 0 Å². The van der Waals surface area contributed by atoms with E-state index in [0.717, 1.165) is 57.2 Å². The highest BCUT2D eigenvalue weighted by Gasteiger charge is 2.38. The van der Waals surface area contributed by atoms with E-state index in [0.29, 0.717) is 13.0 Å². The first-order valence-corrected chi connectivity index (χ1v) is 9.95. The minimum absolute atomic E-state index is 0.0402. The van der Waals surface area contributed by atoms with Gasteiger partial charge in [-0.05, 0) is 49.8 Å². The summed E-state index contributed by atoms with van der Waals surface area (Å²) in [4.78, 5) is 38.5. The molecule has 2 amide bonds. The predicted molar refractivity (Wildman–Crippen MR) is 101 cm³/mol. The molecule has 3 rings (SSSR count). The lowest BCUT2D eigenvalue weighted by atomic mass is 9.78. The Kier molecular flexibility index (Phi) is 6.48. The van der Waals surface area contributed by atoms with Crippen molar-refractivity contribution >= 4 is 17.8 Å². The molecule has 1 saturated carbocycles. The Bertz CT molecular complexity index is 697. The zero-order valence-corrected chi connectivity index (χ0v) is 15.7. The van der Waals surface area contributed by atoms with E-state index < -0.39 is 5.97 Å². The fraction of sp³-hybridized carbons (Fsp3) is 0.571. The van der Waals surface area contributed by atoms with Gasteiger partial charge in [-0.25, -0.2) is 4.79 Å². The maximum atomic E-state index is 12.8. The molecule has 2 N–H and O–H groups in total. The number of aromatic carboxylic acids is 1. The van der Waals surface area contributed by atoms with Gasteiger partial charge in [0.05, 0.1) is 5.56 Å². The molecule has 2 unspecified atom stereocenters. The number of amides is 2. The Morgan fingerprint density at radius 2 is 1.74 bits per heavy atom. The average molecular weight is 372 g/mol. The van der Waals surface area contributed by atoms with Crippen LogP contribution in [0.1, 0.15) is 54.4 Å². The highest BCUT2D eigenvalue weighted by molar-refractivity contribution is 5.88. The van der Waals surface area contributed by atoms with Gasteiger partial charge < -0.3 is 15.3 Å². The Morgan fingerprint density at radius 1 is 1.04 bits per heavy atom. The molecular weight excluding hydrogens is 344 g/mol. The third kappa shape index (κ3) is 4.87. The number of hydrogen-bond acceptors (Lipinski definition) is 3. The van der Waals surface area contributed by atoms with Crippen molar-refractivity contribution in [3.63, 3.8) is 0 Å². The fourth-order valence-corrected chi connectivity index (χ4v) is 4.23. The van der Waals surface area contributed by atoms with Gasteiger partial charge in [-0.1, -0.05) is 25.0 Å². The number of carboxylic acid groups (broad SMARTS) is 1. The maximum Gasteiger partial charge on any atom is 0.335 e. The van der Waals surface area contributed by atoms with Crippen molar-refractivity contribution in [3.8, 4) is 0 Å². The van der Waals surface area contributed by atoms with Gasteiger partial charge in [0, 0.05) is 31.5 Å². The number of likely N-dealkylation sites (tertiary alicyclic amines) is 1. The SMILES string of the molecule is O=C(O)c1cccc(CCNC(=O)C2CCCCC2C(=O)N2CCCC2)c1. The van der Waals surface area contributed by atoms with Crippen molar-refractivity contribution in [1.82, 2.24) is 10.2 Å². The molecule has 1 heterocycles. The Hall–Kier alpha value is -2.37. The first kappa shape index (κ1) is 19.4. The van der Waals surface area contributed by atoms with Gasteiger partial charge >= 0.3 is 5.97 Å². The molecule has 2 atom stereocenters. The van der Waals surface area contributed by atoms with Gasteiger partial charge in [-0.15, -0.1) is 0 Å². The summed E-state index contributed by atoms with van der Waals surface area (Å²) in [5, 5.41) is 12.0. The van der Waals surface area contributed by atoms with Crippen LogP contribution < -0.4 is 5.32 Å². The van der Waals surface area contributed by atoms with Crippen LogP contribution in [0.15, 0.2) is 24.3 Å². The largest absolute Gasteiger partial charge is 0.478 e. The molecule has 1 aromatic carbocycles. The summed E-state index contributed by atoms with van der Waals surface area (Å²) in [5.41, 5.74) is 1.13. The lowest BCUT2D eigenvalue weighted by Crippen LogP contribution is -2.45. The minimum Gasteiger partial charge on any atom is -0.478 e. The number of hydrogen-bond donors (Lipinski definition) is 2. The Morgan fingerprint density at radius 3 is 2.44 bits per heavy atom. The molecule has 6 heteroatoms. The summed E-state index contributed by atoms with van der Waals surface area (Å²) in [5.74, 6) is -1.26. The van der Waals surface area contributed by atoms with Crippen LogP contribution >= 0.6 is 0 Å². The normalized spacial score (nSPS) is 22.4. The molecule has 1 aliphatic carbocycles. The van der Waals surface area contributed by atoms with Gasteiger partial charge in [0.15, 0.2) is 0 Å². The summed E-state index contributed by atoms with van der Waals surface area (Å²) in [6, 6.07) is 6.77. The Labute approximate surface area is 159 Å². The number of carbonyl (C=O) groups excluding carboxylic acids is 2. The topological polar surface area (TPSA) is 86.7 Å². The van der Waals surface area contributed by atoms with Gasteiger partial charge in [0.2, 0.25) is 11.8 Å². The van der Waals surface area contributed by atoms with E-state index in [1.807, 2.05) is 11.0 Å². The molecule has 0 spiro atoms.